The van der Waals surface area contributed by atoms with Crippen LogP contribution in [0.15, 0.2) is 28.0 Å². The zero-order valence-electron chi connectivity index (χ0n) is 13.8. The molecule has 0 heterocycles. The average Bonchev–Trinajstić information content (AvgIpc) is 2.49. The molecule has 6 N–H and O–H groups in total. The summed E-state index contributed by atoms with van der Waals surface area (Å²) in [5, 5.41) is 9.17. The van der Waals surface area contributed by atoms with Crippen molar-refractivity contribution < 1.29 is 48.8 Å². The third kappa shape index (κ3) is 4.62. The lowest BCUT2D eigenvalue weighted by Gasteiger charge is -2.18. The Kier molecular flexibility index (Phi) is 5.80. The second-order valence-electron chi connectivity index (χ2n) is 5.54. The number of hydrogen-bond acceptors (Lipinski definition) is 9. The zero-order valence-corrected chi connectivity index (χ0v) is 16.3. The number of anilines is 1. The summed E-state index contributed by atoms with van der Waals surface area (Å²) < 4.78 is 101. The number of nitrogens with two attached hydrogens (primary N) is 1. The Bertz CT molecular complexity index is 1250. The van der Waals surface area contributed by atoms with Crippen LogP contribution in [0.25, 0.3) is 10.8 Å². The number of phenolic OH excluding ortho intramolecular Hbond substituents is 1. The summed E-state index contributed by atoms with van der Waals surface area (Å²) in [4.78, 5) is -2.62. The quantitative estimate of drug-likeness (QED) is 0.215. The predicted octanol–water partition coefficient (Wildman–Crippen LogP) is 0.278. The van der Waals surface area contributed by atoms with E-state index in [1.807, 2.05) is 0 Å². The van der Waals surface area contributed by atoms with Crippen LogP contribution >= 0.6 is 0 Å². The van der Waals surface area contributed by atoms with Gasteiger partial charge in [-0.2, -0.15) is 25.3 Å². The molecular weight excluding hydrogens is 442 g/mol. The maximum Gasteiger partial charge on any atom is 0.298 e. The fourth-order valence-corrected chi connectivity index (χ4v) is 5.15. The van der Waals surface area contributed by atoms with Gasteiger partial charge < -0.3 is 15.6 Å². The van der Waals surface area contributed by atoms with Gasteiger partial charge in [-0.3, -0.25) is 13.7 Å². The van der Waals surface area contributed by atoms with Crippen LogP contribution in [0, 0.1) is 0 Å². The van der Waals surface area contributed by atoms with Crippen LogP contribution in [0.3, 0.4) is 0 Å². The third-order valence-corrected chi connectivity index (χ3v) is 6.33. The molecule has 0 aliphatic rings. The van der Waals surface area contributed by atoms with E-state index in [4.69, 9.17) is 15.0 Å². The Morgan fingerprint density at radius 1 is 0.929 bits per heavy atom. The average molecular weight is 457 g/mol. The molecule has 0 saturated heterocycles. The Balaban J connectivity index is 2.83. The Labute approximate surface area is 159 Å². The predicted molar refractivity (Wildman–Crippen MR) is 96.2 cm³/mol. The maximum absolute atomic E-state index is 11.8. The number of fused-ring (bicyclic) bond motifs is 1. The van der Waals surface area contributed by atoms with E-state index in [1.54, 1.807) is 0 Å². The minimum absolute atomic E-state index is 0.269. The van der Waals surface area contributed by atoms with Crippen molar-refractivity contribution in [2.45, 2.75) is 16.2 Å². The Hall–Kier alpha value is -2.17. The summed E-state index contributed by atoms with van der Waals surface area (Å²) in [5.41, 5.74) is 4.72. The van der Waals surface area contributed by atoms with Crippen molar-refractivity contribution in [3.8, 4) is 11.5 Å². The molecule has 0 amide bonds. The molecule has 0 atom stereocenters. The number of nitrogen functional groups attached to an aromatic ring is 1. The van der Waals surface area contributed by atoms with Crippen molar-refractivity contribution in [2.24, 2.45) is 0 Å². The number of phenols is 1. The Morgan fingerprint density at radius 3 is 2.00 bits per heavy atom. The molecule has 0 fully saturated rings. The van der Waals surface area contributed by atoms with Gasteiger partial charge in [0.05, 0.1) is 23.4 Å². The van der Waals surface area contributed by atoms with Crippen LogP contribution in [0.1, 0.15) is 6.42 Å². The fourth-order valence-electron chi connectivity index (χ4n) is 2.53. The molecule has 12 nitrogen and oxygen atoms in total. The Morgan fingerprint density at radius 2 is 1.50 bits per heavy atom. The summed E-state index contributed by atoms with van der Waals surface area (Å²) in [7, 11) is -14.8. The van der Waals surface area contributed by atoms with E-state index in [1.165, 1.54) is 0 Å². The fraction of sp³-hybridized carbons (Fsp3) is 0.231. The van der Waals surface area contributed by atoms with E-state index >= 15 is 0 Å². The molecule has 0 radical (unpaired) electrons. The molecule has 28 heavy (non-hydrogen) atoms. The second kappa shape index (κ2) is 7.34. The molecule has 156 valence electrons. The van der Waals surface area contributed by atoms with Gasteiger partial charge in [-0.15, -0.1) is 0 Å². The van der Waals surface area contributed by atoms with Gasteiger partial charge in [0.25, 0.3) is 30.4 Å². The van der Waals surface area contributed by atoms with E-state index in [9.17, 15) is 39.5 Å². The smallest absolute Gasteiger partial charge is 0.298 e. The van der Waals surface area contributed by atoms with Crippen LogP contribution in [-0.2, 0) is 30.4 Å². The van der Waals surface area contributed by atoms with Crippen molar-refractivity contribution in [3.05, 3.63) is 18.2 Å². The molecule has 0 saturated carbocycles. The molecule has 15 heteroatoms. The SMILES string of the molecule is Nc1c(S(=O)(=O)O)c(S(=O)(=O)O)c2cccc(O)c2c1OCCCS(=O)(=O)O. The number of benzene rings is 2. The van der Waals surface area contributed by atoms with Crippen molar-refractivity contribution in [3.63, 3.8) is 0 Å². The third-order valence-electron chi connectivity index (χ3n) is 3.52. The summed E-state index contributed by atoms with van der Waals surface area (Å²) in [6, 6.07) is 3.25. The monoisotopic (exact) mass is 457 g/mol. The van der Waals surface area contributed by atoms with E-state index < -0.39 is 80.5 Å². The van der Waals surface area contributed by atoms with Gasteiger partial charge in [0, 0.05) is 5.39 Å². The topological polar surface area (TPSA) is 219 Å². The van der Waals surface area contributed by atoms with Gasteiger partial charge in [0.1, 0.15) is 15.5 Å². The van der Waals surface area contributed by atoms with Gasteiger partial charge in [-0.1, -0.05) is 12.1 Å². The maximum atomic E-state index is 11.8. The first-order valence-corrected chi connectivity index (χ1v) is 11.7. The van der Waals surface area contributed by atoms with Crippen LogP contribution < -0.4 is 10.5 Å². The minimum atomic E-state index is -5.29. The van der Waals surface area contributed by atoms with E-state index in [-0.39, 0.29) is 6.42 Å². The van der Waals surface area contributed by atoms with Crippen molar-refractivity contribution >= 4 is 46.8 Å². The first-order chi connectivity index (χ1) is 12.6. The second-order valence-corrected chi connectivity index (χ2v) is 9.83. The minimum Gasteiger partial charge on any atom is -0.507 e. The number of ether oxygens (including phenoxy) is 1. The molecule has 0 aliphatic heterocycles. The lowest BCUT2D eigenvalue weighted by molar-refractivity contribution is 0.319. The van der Waals surface area contributed by atoms with Crippen LogP contribution in [0.2, 0.25) is 0 Å². The summed E-state index contributed by atoms with van der Waals surface area (Å²) in [6.07, 6.45) is -0.269. The molecule has 0 spiro atoms. The molecule has 0 unspecified atom stereocenters. The zero-order chi connectivity index (χ0) is 21.5. The van der Waals surface area contributed by atoms with Gasteiger partial charge in [0.15, 0.2) is 5.75 Å². The summed E-state index contributed by atoms with van der Waals surface area (Å²) in [5.74, 6) is -1.87. The normalized spacial score (nSPS) is 13.0. The number of hydrogen-bond donors (Lipinski definition) is 5. The van der Waals surface area contributed by atoms with Crippen molar-refractivity contribution in [2.75, 3.05) is 18.1 Å². The first-order valence-electron chi connectivity index (χ1n) is 7.24. The lowest BCUT2D eigenvalue weighted by atomic mass is 10.1. The molecule has 0 aliphatic carbocycles. The number of aromatic hydroxyl groups is 1. The highest BCUT2D eigenvalue weighted by Crippen LogP contribution is 2.46. The van der Waals surface area contributed by atoms with Crippen molar-refractivity contribution in [1.29, 1.82) is 0 Å². The van der Waals surface area contributed by atoms with Crippen LogP contribution in [-0.4, -0.2) is 56.4 Å². The molecule has 0 aromatic heterocycles. The van der Waals surface area contributed by atoms with Gasteiger partial charge in [-0.25, -0.2) is 0 Å². The highest BCUT2D eigenvalue weighted by atomic mass is 32.2. The van der Waals surface area contributed by atoms with Gasteiger partial charge in [-0.05, 0) is 12.5 Å². The first kappa shape index (κ1) is 22.1. The summed E-state index contributed by atoms with van der Waals surface area (Å²) in [6.45, 7) is -0.441. The molecule has 2 aromatic carbocycles. The van der Waals surface area contributed by atoms with Crippen molar-refractivity contribution in [1.82, 2.24) is 0 Å². The van der Waals surface area contributed by atoms with Crippen LogP contribution in [0.4, 0.5) is 5.69 Å². The lowest BCUT2D eigenvalue weighted by Crippen LogP contribution is -2.15. The van der Waals surface area contributed by atoms with Crippen LogP contribution in [0.5, 0.6) is 11.5 Å². The van der Waals surface area contributed by atoms with E-state index in [2.05, 4.69) is 0 Å². The highest BCUT2D eigenvalue weighted by molar-refractivity contribution is 7.89. The molecule has 2 rings (SSSR count). The highest BCUT2D eigenvalue weighted by Gasteiger charge is 2.33. The molecule has 0 bridgehead atoms. The largest absolute Gasteiger partial charge is 0.507 e. The molecular formula is C13H15NO11S3. The van der Waals surface area contributed by atoms with Gasteiger partial charge >= 0.3 is 0 Å². The van der Waals surface area contributed by atoms with E-state index in [0.29, 0.717) is 0 Å². The number of rotatable bonds is 7. The van der Waals surface area contributed by atoms with Gasteiger partial charge in [0.2, 0.25) is 0 Å². The van der Waals surface area contributed by atoms with E-state index in [0.717, 1.165) is 18.2 Å². The molecule has 2 aromatic rings. The standard InChI is InChI=1S/C13H15NO11S3/c14-10-11(25-5-2-6-26(16,17)18)9-7(3-1-4-8(9)15)12(27(19,20)21)13(10)28(22,23)24/h1,3-4,15H,2,5-6,14H2,(H,16,17,18)(H,19,20,21)(H,22,23,24). The summed E-state index contributed by atoms with van der Waals surface area (Å²) >= 11 is 0.